The average molecular weight is 198 g/mol. The Bertz CT molecular complexity index is 218. The van der Waals surface area contributed by atoms with Crippen LogP contribution in [0.1, 0.15) is 26.2 Å². The van der Waals surface area contributed by atoms with E-state index in [1.165, 1.54) is 0 Å². The fraction of sp³-hybridized carbons (Fsp3) is 0.900. The predicted octanol–water partition coefficient (Wildman–Crippen LogP) is 0.0336. The molecule has 0 aromatic heterocycles. The summed E-state index contributed by atoms with van der Waals surface area (Å²) in [5, 5.41) is 6.29. The van der Waals surface area contributed by atoms with Crippen LogP contribution < -0.4 is 10.6 Å². The molecular formula is C10H18N2O2. The van der Waals surface area contributed by atoms with E-state index in [0.717, 1.165) is 32.4 Å². The second kappa shape index (κ2) is 3.87. The third-order valence-electron chi connectivity index (χ3n) is 3.13. The van der Waals surface area contributed by atoms with Gasteiger partial charge in [-0.05, 0) is 32.7 Å². The fourth-order valence-electron chi connectivity index (χ4n) is 2.08. The normalized spacial score (nSPS) is 37.4. The van der Waals surface area contributed by atoms with Crippen molar-refractivity contribution in [3.05, 3.63) is 0 Å². The molecule has 4 heteroatoms. The van der Waals surface area contributed by atoms with Crippen molar-refractivity contribution in [2.24, 2.45) is 0 Å². The van der Waals surface area contributed by atoms with Gasteiger partial charge >= 0.3 is 0 Å². The van der Waals surface area contributed by atoms with Gasteiger partial charge in [-0.1, -0.05) is 0 Å². The van der Waals surface area contributed by atoms with Gasteiger partial charge in [0.1, 0.15) is 0 Å². The van der Waals surface area contributed by atoms with Crippen LogP contribution in [-0.2, 0) is 9.53 Å². The van der Waals surface area contributed by atoms with Crippen LogP contribution in [0.5, 0.6) is 0 Å². The largest absolute Gasteiger partial charge is 0.379 e. The number of hydrogen-bond acceptors (Lipinski definition) is 3. The van der Waals surface area contributed by atoms with Crippen molar-refractivity contribution < 1.29 is 9.53 Å². The van der Waals surface area contributed by atoms with Gasteiger partial charge in [0.25, 0.3) is 0 Å². The summed E-state index contributed by atoms with van der Waals surface area (Å²) in [7, 11) is 0. The van der Waals surface area contributed by atoms with E-state index in [2.05, 4.69) is 10.6 Å². The highest BCUT2D eigenvalue weighted by Crippen LogP contribution is 2.19. The average Bonchev–Trinajstić information content (AvgIpc) is 2.76. The molecule has 2 unspecified atom stereocenters. The van der Waals surface area contributed by atoms with Crippen LogP contribution in [0.15, 0.2) is 0 Å². The molecule has 2 fully saturated rings. The molecule has 80 valence electrons. The number of nitrogens with one attached hydrogen (secondary N) is 2. The van der Waals surface area contributed by atoms with Crippen molar-refractivity contribution in [1.29, 1.82) is 0 Å². The fourth-order valence-corrected chi connectivity index (χ4v) is 2.08. The number of ether oxygens (including phenoxy) is 1. The lowest BCUT2D eigenvalue weighted by molar-refractivity contribution is -0.127. The van der Waals surface area contributed by atoms with Crippen LogP contribution in [0, 0.1) is 0 Å². The molecule has 2 rings (SSSR count). The van der Waals surface area contributed by atoms with Crippen LogP contribution in [0.4, 0.5) is 0 Å². The van der Waals surface area contributed by atoms with E-state index in [0.29, 0.717) is 6.61 Å². The van der Waals surface area contributed by atoms with E-state index >= 15 is 0 Å². The highest BCUT2D eigenvalue weighted by atomic mass is 16.5. The Hall–Kier alpha value is -0.610. The lowest BCUT2D eigenvalue weighted by atomic mass is 9.99. The van der Waals surface area contributed by atoms with Crippen molar-refractivity contribution in [2.45, 2.75) is 37.8 Å². The van der Waals surface area contributed by atoms with E-state index in [-0.39, 0.29) is 17.5 Å². The van der Waals surface area contributed by atoms with Gasteiger partial charge in [0.2, 0.25) is 5.91 Å². The Morgan fingerprint density at radius 3 is 3.07 bits per heavy atom. The minimum absolute atomic E-state index is 0.130. The molecule has 1 amide bonds. The van der Waals surface area contributed by atoms with E-state index in [1.807, 2.05) is 6.92 Å². The summed E-state index contributed by atoms with van der Waals surface area (Å²) >= 11 is 0. The lowest BCUT2D eigenvalue weighted by Crippen LogP contribution is -2.53. The summed E-state index contributed by atoms with van der Waals surface area (Å²) in [6.07, 6.45) is 2.97. The first-order valence-electron chi connectivity index (χ1n) is 5.34. The number of carbonyl (C=O) groups excluding carboxylic acids is 1. The summed E-state index contributed by atoms with van der Waals surface area (Å²) < 4.78 is 5.22. The highest BCUT2D eigenvalue weighted by Gasteiger charge is 2.37. The van der Waals surface area contributed by atoms with Gasteiger partial charge in [0.15, 0.2) is 0 Å². The Balaban J connectivity index is 1.87. The maximum Gasteiger partial charge on any atom is 0.240 e. The van der Waals surface area contributed by atoms with Crippen molar-refractivity contribution in [1.82, 2.24) is 10.6 Å². The monoisotopic (exact) mass is 198 g/mol. The topological polar surface area (TPSA) is 50.4 Å². The molecule has 0 bridgehead atoms. The van der Waals surface area contributed by atoms with Gasteiger partial charge in [-0.3, -0.25) is 4.79 Å². The van der Waals surface area contributed by atoms with Crippen LogP contribution >= 0.6 is 0 Å². The van der Waals surface area contributed by atoms with Gasteiger partial charge in [-0.15, -0.1) is 0 Å². The van der Waals surface area contributed by atoms with Gasteiger partial charge in [-0.25, -0.2) is 0 Å². The lowest BCUT2D eigenvalue weighted by Gasteiger charge is -2.24. The molecule has 0 aliphatic carbocycles. The molecule has 2 saturated heterocycles. The first kappa shape index (κ1) is 9.93. The molecule has 2 aliphatic rings. The van der Waals surface area contributed by atoms with Gasteiger partial charge < -0.3 is 15.4 Å². The smallest absolute Gasteiger partial charge is 0.240 e. The Labute approximate surface area is 84.4 Å². The molecule has 2 aliphatic heterocycles. The van der Waals surface area contributed by atoms with Gasteiger partial charge in [0.05, 0.1) is 18.2 Å². The van der Waals surface area contributed by atoms with Crippen LogP contribution in [0.2, 0.25) is 0 Å². The van der Waals surface area contributed by atoms with Crippen LogP contribution in [0.3, 0.4) is 0 Å². The SMILES string of the molecule is CC1(C(=O)NC2CCOC2)CCCN1. The molecular weight excluding hydrogens is 180 g/mol. The van der Waals surface area contributed by atoms with Crippen molar-refractivity contribution in [3.63, 3.8) is 0 Å². The van der Waals surface area contributed by atoms with E-state index in [9.17, 15) is 4.79 Å². The first-order valence-corrected chi connectivity index (χ1v) is 5.34. The van der Waals surface area contributed by atoms with Gasteiger partial charge in [-0.2, -0.15) is 0 Å². The standard InChI is InChI=1S/C10H18N2O2/c1-10(4-2-5-11-10)9(13)12-8-3-6-14-7-8/h8,11H,2-7H2,1H3,(H,12,13). The third-order valence-corrected chi connectivity index (χ3v) is 3.13. The zero-order valence-corrected chi connectivity index (χ0v) is 8.64. The van der Waals surface area contributed by atoms with E-state index < -0.39 is 0 Å². The van der Waals surface area contributed by atoms with E-state index in [4.69, 9.17) is 4.74 Å². The quantitative estimate of drug-likeness (QED) is 0.658. The number of rotatable bonds is 2. The summed E-state index contributed by atoms with van der Waals surface area (Å²) in [5.41, 5.74) is -0.345. The maximum atomic E-state index is 11.9. The summed E-state index contributed by atoms with van der Waals surface area (Å²) in [4.78, 5) is 11.9. The van der Waals surface area contributed by atoms with Crippen molar-refractivity contribution in [2.75, 3.05) is 19.8 Å². The summed E-state index contributed by atoms with van der Waals surface area (Å²) in [6.45, 7) is 4.37. The first-order chi connectivity index (χ1) is 6.71. The Kier molecular flexibility index (Phi) is 2.74. The second-order valence-corrected chi connectivity index (χ2v) is 4.40. The molecule has 4 nitrogen and oxygen atoms in total. The zero-order chi connectivity index (χ0) is 10.0. The van der Waals surface area contributed by atoms with Crippen molar-refractivity contribution >= 4 is 5.91 Å². The molecule has 0 aromatic carbocycles. The van der Waals surface area contributed by atoms with Crippen LogP contribution in [0.25, 0.3) is 0 Å². The third kappa shape index (κ3) is 1.91. The predicted molar refractivity (Wildman–Crippen MR) is 53.0 cm³/mol. The minimum Gasteiger partial charge on any atom is -0.379 e. The van der Waals surface area contributed by atoms with Crippen LogP contribution in [-0.4, -0.2) is 37.2 Å². The molecule has 2 heterocycles. The molecule has 0 aromatic rings. The Morgan fingerprint density at radius 2 is 2.50 bits per heavy atom. The van der Waals surface area contributed by atoms with Crippen molar-refractivity contribution in [3.8, 4) is 0 Å². The minimum atomic E-state index is -0.345. The molecule has 0 spiro atoms. The number of amides is 1. The molecule has 2 N–H and O–H groups in total. The van der Waals surface area contributed by atoms with E-state index in [1.54, 1.807) is 0 Å². The summed E-state index contributed by atoms with van der Waals surface area (Å²) in [5.74, 6) is 0.130. The highest BCUT2D eigenvalue weighted by molar-refractivity contribution is 5.86. The zero-order valence-electron chi connectivity index (χ0n) is 8.64. The second-order valence-electron chi connectivity index (χ2n) is 4.40. The molecule has 0 radical (unpaired) electrons. The van der Waals surface area contributed by atoms with Gasteiger partial charge in [0, 0.05) is 6.61 Å². The molecule has 2 atom stereocenters. The maximum absolute atomic E-state index is 11.9. The number of hydrogen-bond donors (Lipinski definition) is 2. The molecule has 14 heavy (non-hydrogen) atoms. The number of carbonyl (C=O) groups is 1. The Morgan fingerprint density at radius 1 is 1.64 bits per heavy atom. The molecule has 0 saturated carbocycles. The summed E-state index contributed by atoms with van der Waals surface area (Å²) in [6, 6.07) is 0.224.